The fraction of sp³-hybridized carbons (Fsp3) is 0.300. The summed E-state index contributed by atoms with van der Waals surface area (Å²) in [5.41, 5.74) is 3.42. The van der Waals surface area contributed by atoms with Crippen molar-refractivity contribution in [2.45, 2.75) is 27.2 Å². The van der Waals surface area contributed by atoms with Crippen molar-refractivity contribution < 1.29 is 9.59 Å². The predicted molar refractivity (Wildman–Crippen MR) is 111 cm³/mol. The van der Waals surface area contributed by atoms with Crippen LogP contribution in [-0.2, 0) is 9.59 Å². The Morgan fingerprint density at radius 1 is 0.962 bits per heavy atom. The highest BCUT2D eigenvalue weighted by atomic mass is 79.9. The van der Waals surface area contributed by atoms with E-state index in [1.165, 1.54) is 0 Å². The first-order valence-electron chi connectivity index (χ1n) is 8.53. The minimum absolute atomic E-state index is 0.00348. The normalized spacial score (nSPS) is 10.5. The molecule has 0 bridgehead atoms. The quantitative estimate of drug-likeness (QED) is 0.606. The zero-order valence-corrected chi connectivity index (χ0v) is 16.8. The minimum Gasteiger partial charge on any atom is -0.376 e. The number of hydrogen-bond donors (Lipinski definition) is 3. The van der Waals surface area contributed by atoms with Crippen molar-refractivity contribution >= 4 is 44.8 Å². The van der Waals surface area contributed by atoms with Gasteiger partial charge in [-0.2, -0.15) is 0 Å². The Morgan fingerprint density at radius 3 is 2.23 bits per heavy atom. The molecule has 5 nitrogen and oxygen atoms in total. The van der Waals surface area contributed by atoms with Gasteiger partial charge in [0.2, 0.25) is 11.8 Å². The van der Waals surface area contributed by atoms with Crippen molar-refractivity contribution in [2.24, 2.45) is 5.92 Å². The number of amides is 2. The van der Waals surface area contributed by atoms with Crippen molar-refractivity contribution in [3.63, 3.8) is 0 Å². The van der Waals surface area contributed by atoms with Gasteiger partial charge in [-0.15, -0.1) is 0 Å². The molecule has 2 aromatic rings. The predicted octanol–water partition coefficient (Wildman–Crippen LogP) is 4.79. The van der Waals surface area contributed by atoms with Crippen LogP contribution in [-0.4, -0.2) is 18.4 Å². The number of aryl methyl sites for hydroxylation is 1. The van der Waals surface area contributed by atoms with E-state index in [0.717, 1.165) is 27.1 Å². The molecule has 0 spiro atoms. The van der Waals surface area contributed by atoms with E-state index in [4.69, 9.17) is 0 Å². The summed E-state index contributed by atoms with van der Waals surface area (Å²) in [7, 11) is 0. The van der Waals surface area contributed by atoms with Crippen LogP contribution in [0, 0.1) is 12.8 Å². The highest BCUT2D eigenvalue weighted by Crippen LogP contribution is 2.23. The molecule has 6 heteroatoms. The van der Waals surface area contributed by atoms with Gasteiger partial charge in [0, 0.05) is 22.3 Å². The maximum absolute atomic E-state index is 12.1. The third-order valence-electron chi connectivity index (χ3n) is 3.61. The number of halogens is 1. The van der Waals surface area contributed by atoms with E-state index in [1.54, 1.807) is 0 Å². The van der Waals surface area contributed by atoms with Crippen LogP contribution in [0.1, 0.15) is 25.8 Å². The molecular formula is C20H24BrN3O2. The van der Waals surface area contributed by atoms with Crippen LogP contribution in [0.5, 0.6) is 0 Å². The Morgan fingerprint density at radius 2 is 1.62 bits per heavy atom. The lowest BCUT2D eigenvalue weighted by atomic mass is 10.1. The maximum Gasteiger partial charge on any atom is 0.243 e. The van der Waals surface area contributed by atoms with Crippen molar-refractivity contribution in [3.8, 4) is 0 Å². The Balaban J connectivity index is 1.83. The van der Waals surface area contributed by atoms with Crippen molar-refractivity contribution in [1.82, 2.24) is 0 Å². The molecule has 26 heavy (non-hydrogen) atoms. The zero-order valence-electron chi connectivity index (χ0n) is 15.2. The van der Waals surface area contributed by atoms with Gasteiger partial charge < -0.3 is 16.0 Å². The summed E-state index contributed by atoms with van der Waals surface area (Å²) in [6.07, 6.45) is 0.495. The molecular weight excluding hydrogens is 394 g/mol. The Bertz CT molecular complexity index is 773. The number of anilines is 3. The van der Waals surface area contributed by atoms with Gasteiger partial charge >= 0.3 is 0 Å². The van der Waals surface area contributed by atoms with Gasteiger partial charge in [-0.05, 0) is 70.7 Å². The van der Waals surface area contributed by atoms with Crippen LogP contribution >= 0.6 is 15.9 Å². The van der Waals surface area contributed by atoms with E-state index in [-0.39, 0.29) is 18.4 Å². The zero-order chi connectivity index (χ0) is 19.1. The van der Waals surface area contributed by atoms with Crippen molar-refractivity contribution in [3.05, 3.63) is 52.5 Å². The minimum atomic E-state index is -0.135. The largest absolute Gasteiger partial charge is 0.376 e. The van der Waals surface area contributed by atoms with Gasteiger partial charge in [0.15, 0.2) is 0 Å². The van der Waals surface area contributed by atoms with Crippen LogP contribution in [0.4, 0.5) is 17.1 Å². The lowest BCUT2D eigenvalue weighted by Gasteiger charge is -2.11. The van der Waals surface area contributed by atoms with Crippen LogP contribution in [0.2, 0.25) is 0 Å². The molecule has 3 N–H and O–H groups in total. The van der Waals surface area contributed by atoms with Crippen LogP contribution < -0.4 is 16.0 Å². The Kier molecular flexibility index (Phi) is 7.21. The van der Waals surface area contributed by atoms with Gasteiger partial charge in [0.25, 0.3) is 0 Å². The average Bonchev–Trinajstić information content (AvgIpc) is 2.56. The maximum atomic E-state index is 12.1. The van der Waals surface area contributed by atoms with E-state index < -0.39 is 0 Å². The fourth-order valence-corrected chi connectivity index (χ4v) is 2.94. The number of benzene rings is 2. The number of rotatable bonds is 7. The summed E-state index contributed by atoms with van der Waals surface area (Å²) in [4.78, 5) is 23.8. The molecule has 0 unspecified atom stereocenters. The van der Waals surface area contributed by atoms with Crippen molar-refractivity contribution in [1.29, 1.82) is 0 Å². The Hall–Kier alpha value is -2.34. The molecule has 0 atom stereocenters. The topological polar surface area (TPSA) is 70.2 Å². The first-order valence-corrected chi connectivity index (χ1v) is 9.32. The summed E-state index contributed by atoms with van der Waals surface area (Å²) in [5.74, 6) is 0.190. The molecule has 0 aliphatic heterocycles. The molecule has 138 valence electrons. The lowest BCUT2D eigenvalue weighted by Crippen LogP contribution is -2.22. The molecule has 0 heterocycles. The van der Waals surface area contributed by atoms with Crippen LogP contribution in [0.15, 0.2) is 46.9 Å². The molecule has 0 aliphatic rings. The molecule has 2 aromatic carbocycles. The molecule has 0 radical (unpaired) electrons. The molecule has 0 saturated heterocycles. The first-order chi connectivity index (χ1) is 12.3. The van der Waals surface area contributed by atoms with Crippen LogP contribution in [0.25, 0.3) is 0 Å². The number of hydrogen-bond acceptors (Lipinski definition) is 3. The fourth-order valence-electron chi connectivity index (χ4n) is 2.35. The summed E-state index contributed by atoms with van der Waals surface area (Å²) in [6, 6.07) is 13.1. The third kappa shape index (κ3) is 6.52. The van der Waals surface area contributed by atoms with E-state index in [0.29, 0.717) is 12.3 Å². The third-order valence-corrected chi connectivity index (χ3v) is 4.27. The van der Waals surface area contributed by atoms with E-state index in [9.17, 15) is 9.59 Å². The highest BCUT2D eigenvalue weighted by Gasteiger charge is 2.07. The molecule has 0 aromatic heterocycles. The second-order valence-electron chi connectivity index (χ2n) is 6.61. The second-order valence-corrected chi connectivity index (χ2v) is 7.46. The summed E-state index contributed by atoms with van der Waals surface area (Å²) < 4.78 is 0.854. The molecule has 2 rings (SSSR count). The van der Waals surface area contributed by atoms with E-state index in [1.807, 2.05) is 63.2 Å². The molecule has 0 fully saturated rings. The smallest absolute Gasteiger partial charge is 0.243 e. The standard InChI is InChI=1S/C20H24BrN3O2/c1-13(2)10-19(25)23-16-7-5-15(6-8-16)22-12-20(26)24-18-9-4-14(3)11-17(18)21/h4-9,11,13,22H,10,12H2,1-3H3,(H,23,25)(H,24,26). The SMILES string of the molecule is Cc1ccc(NC(=O)CNc2ccc(NC(=O)CC(C)C)cc2)c(Br)c1. The molecule has 0 saturated carbocycles. The summed E-state index contributed by atoms with van der Waals surface area (Å²) >= 11 is 3.44. The average molecular weight is 418 g/mol. The number of carbonyl (C=O) groups excluding carboxylic acids is 2. The van der Waals surface area contributed by atoms with Crippen molar-refractivity contribution in [2.75, 3.05) is 22.5 Å². The van der Waals surface area contributed by atoms with Gasteiger partial charge in [-0.3, -0.25) is 9.59 Å². The van der Waals surface area contributed by atoms with Gasteiger partial charge in [0.05, 0.1) is 12.2 Å². The molecule has 2 amide bonds. The summed E-state index contributed by atoms with van der Waals surface area (Å²) in [6.45, 7) is 6.16. The van der Waals surface area contributed by atoms with Gasteiger partial charge in [-0.25, -0.2) is 0 Å². The summed E-state index contributed by atoms with van der Waals surface area (Å²) in [5, 5.41) is 8.78. The first kappa shape index (κ1) is 20.0. The van der Waals surface area contributed by atoms with E-state index >= 15 is 0 Å². The monoisotopic (exact) mass is 417 g/mol. The lowest BCUT2D eigenvalue weighted by molar-refractivity contribution is -0.117. The number of carbonyl (C=O) groups is 2. The highest BCUT2D eigenvalue weighted by molar-refractivity contribution is 9.10. The van der Waals surface area contributed by atoms with Gasteiger partial charge in [0.1, 0.15) is 0 Å². The molecule has 0 aliphatic carbocycles. The van der Waals surface area contributed by atoms with E-state index in [2.05, 4.69) is 31.9 Å². The Labute approximate surface area is 162 Å². The second kappa shape index (κ2) is 9.38. The number of nitrogens with one attached hydrogen (secondary N) is 3. The van der Waals surface area contributed by atoms with Gasteiger partial charge in [-0.1, -0.05) is 19.9 Å². The van der Waals surface area contributed by atoms with Crippen LogP contribution in [0.3, 0.4) is 0 Å².